The first-order chi connectivity index (χ1) is 17.7. The van der Waals surface area contributed by atoms with E-state index in [4.69, 9.17) is 11.6 Å². The quantitative estimate of drug-likeness (QED) is 0.287. The number of halogens is 3. The van der Waals surface area contributed by atoms with Crippen molar-refractivity contribution in [2.45, 2.75) is 38.5 Å². The number of hydrogen-bond donors (Lipinski definition) is 4. The van der Waals surface area contributed by atoms with Crippen molar-refractivity contribution in [2.75, 3.05) is 13.1 Å². The highest BCUT2D eigenvalue weighted by atomic mass is 35.5. The van der Waals surface area contributed by atoms with Gasteiger partial charge in [0, 0.05) is 29.7 Å². The Morgan fingerprint density at radius 1 is 0.946 bits per heavy atom. The Kier molecular flexibility index (Phi) is 10.6. The fourth-order valence-electron chi connectivity index (χ4n) is 3.85. The van der Waals surface area contributed by atoms with Crippen molar-refractivity contribution in [3.8, 4) is 0 Å². The second-order valence-electron chi connectivity index (χ2n) is 8.72. The molecule has 0 heterocycles. The summed E-state index contributed by atoms with van der Waals surface area (Å²) < 4.78 is 27.5. The third kappa shape index (κ3) is 9.24. The van der Waals surface area contributed by atoms with Crippen LogP contribution in [0.4, 0.5) is 8.78 Å². The average molecular weight is 530 g/mol. The molecule has 0 saturated carbocycles. The molecule has 0 aromatic heterocycles. The van der Waals surface area contributed by atoms with Gasteiger partial charge in [0.15, 0.2) is 0 Å². The number of carbonyl (C=O) groups excluding carboxylic acids is 2. The summed E-state index contributed by atoms with van der Waals surface area (Å²) in [7, 11) is 0. The van der Waals surface area contributed by atoms with Crippen molar-refractivity contribution < 1.29 is 23.5 Å². The largest absolute Gasteiger partial charge is 0.390 e. The molecule has 0 bridgehead atoms. The van der Waals surface area contributed by atoms with Crippen LogP contribution in [0.1, 0.15) is 34.0 Å². The van der Waals surface area contributed by atoms with Crippen LogP contribution in [-0.4, -0.2) is 42.2 Å². The van der Waals surface area contributed by atoms with Gasteiger partial charge in [-0.15, -0.1) is 0 Å². The molecule has 196 valence electrons. The van der Waals surface area contributed by atoms with E-state index in [0.717, 1.165) is 30.2 Å². The predicted octanol–water partition coefficient (Wildman–Crippen LogP) is 3.79. The number of aliphatic hydroxyl groups excluding tert-OH is 1. The van der Waals surface area contributed by atoms with Gasteiger partial charge in [0.05, 0.1) is 18.7 Å². The van der Waals surface area contributed by atoms with E-state index in [0.29, 0.717) is 17.1 Å². The van der Waals surface area contributed by atoms with Crippen molar-refractivity contribution in [3.63, 3.8) is 0 Å². The number of aryl methyl sites for hydroxylation is 1. The fourth-order valence-corrected chi connectivity index (χ4v) is 3.98. The van der Waals surface area contributed by atoms with Crippen LogP contribution >= 0.6 is 11.6 Å². The molecule has 2 atom stereocenters. The normalized spacial score (nSPS) is 12.6. The predicted molar refractivity (Wildman–Crippen MR) is 139 cm³/mol. The van der Waals surface area contributed by atoms with Gasteiger partial charge < -0.3 is 21.1 Å². The summed E-state index contributed by atoms with van der Waals surface area (Å²) in [5.41, 5.74) is 2.85. The molecule has 9 heteroatoms. The van der Waals surface area contributed by atoms with E-state index in [9.17, 15) is 23.5 Å². The van der Waals surface area contributed by atoms with Crippen LogP contribution in [0, 0.1) is 11.6 Å². The van der Waals surface area contributed by atoms with E-state index in [1.54, 1.807) is 12.1 Å². The summed E-state index contributed by atoms with van der Waals surface area (Å²) in [5, 5.41) is 19.7. The maximum Gasteiger partial charge on any atom is 0.251 e. The standard InChI is InChI=1S/C28H30ClF2N3O3/c1-2-18-4-3-5-19(10-18)15-32-16-26(35)25(13-20-11-23(30)14-24(31)12-20)34-27(36)17-33-28(37)21-6-8-22(29)9-7-21/h3-12,14,25-26,32,35H,2,13,15-17H2,1H3,(H,33,37)(H,34,36)/t25-,26+/m0/s1. The van der Waals surface area contributed by atoms with E-state index >= 15 is 0 Å². The van der Waals surface area contributed by atoms with Crippen LogP contribution in [-0.2, 0) is 24.2 Å². The van der Waals surface area contributed by atoms with Crippen molar-refractivity contribution in [2.24, 2.45) is 0 Å². The molecule has 0 aliphatic heterocycles. The Hall–Kier alpha value is -3.33. The highest BCUT2D eigenvalue weighted by molar-refractivity contribution is 6.30. The smallest absolute Gasteiger partial charge is 0.251 e. The van der Waals surface area contributed by atoms with Gasteiger partial charge in [-0.2, -0.15) is 0 Å². The molecule has 0 spiro atoms. The molecule has 2 amide bonds. The molecule has 0 aliphatic rings. The lowest BCUT2D eigenvalue weighted by Crippen LogP contribution is -2.51. The van der Waals surface area contributed by atoms with Crippen molar-refractivity contribution in [1.29, 1.82) is 0 Å². The summed E-state index contributed by atoms with van der Waals surface area (Å²) in [4.78, 5) is 24.9. The zero-order chi connectivity index (χ0) is 26.8. The van der Waals surface area contributed by atoms with Crippen molar-refractivity contribution >= 4 is 23.4 Å². The first-order valence-electron chi connectivity index (χ1n) is 12.0. The monoisotopic (exact) mass is 529 g/mol. The summed E-state index contributed by atoms with van der Waals surface area (Å²) >= 11 is 5.83. The van der Waals surface area contributed by atoms with Gasteiger partial charge in [0.25, 0.3) is 5.91 Å². The molecular weight excluding hydrogens is 500 g/mol. The highest BCUT2D eigenvalue weighted by Crippen LogP contribution is 2.13. The van der Waals surface area contributed by atoms with E-state index in [1.807, 2.05) is 18.2 Å². The second-order valence-corrected chi connectivity index (χ2v) is 9.15. The van der Waals surface area contributed by atoms with E-state index in [1.165, 1.54) is 17.7 Å². The van der Waals surface area contributed by atoms with Crippen LogP contribution < -0.4 is 16.0 Å². The number of hydrogen-bond acceptors (Lipinski definition) is 4. The zero-order valence-electron chi connectivity index (χ0n) is 20.4. The first-order valence-corrected chi connectivity index (χ1v) is 12.4. The second kappa shape index (κ2) is 13.8. The van der Waals surface area contributed by atoms with Gasteiger partial charge in [0.2, 0.25) is 5.91 Å². The lowest BCUT2D eigenvalue weighted by atomic mass is 10.0. The van der Waals surface area contributed by atoms with E-state index in [2.05, 4.69) is 28.9 Å². The average Bonchev–Trinajstić information content (AvgIpc) is 2.86. The van der Waals surface area contributed by atoms with Crippen LogP contribution in [0.25, 0.3) is 0 Å². The number of rotatable bonds is 12. The van der Waals surface area contributed by atoms with Gasteiger partial charge >= 0.3 is 0 Å². The Labute approximate surface area is 220 Å². The lowest BCUT2D eigenvalue weighted by Gasteiger charge is -2.25. The van der Waals surface area contributed by atoms with Gasteiger partial charge in [-0.3, -0.25) is 9.59 Å². The third-order valence-corrected chi connectivity index (χ3v) is 6.04. The molecular formula is C28H30ClF2N3O3. The molecule has 4 N–H and O–H groups in total. The van der Waals surface area contributed by atoms with Crippen LogP contribution in [0.15, 0.2) is 66.7 Å². The molecule has 0 radical (unpaired) electrons. The molecule has 3 rings (SSSR count). The molecule has 6 nitrogen and oxygen atoms in total. The van der Waals surface area contributed by atoms with E-state index < -0.39 is 35.6 Å². The summed E-state index contributed by atoms with van der Waals surface area (Å²) in [6.45, 7) is 2.34. The summed E-state index contributed by atoms with van der Waals surface area (Å²) in [5.74, 6) is -2.52. The third-order valence-electron chi connectivity index (χ3n) is 5.79. The SMILES string of the molecule is CCc1cccc(CNC[C@@H](O)[C@H](Cc2cc(F)cc(F)c2)NC(=O)CNC(=O)c2ccc(Cl)cc2)c1. The topological polar surface area (TPSA) is 90.5 Å². The first kappa shape index (κ1) is 28.2. The zero-order valence-corrected chi connectivity index (χ0v) is 21.2. The number of amides is 2. The Morgan fingerprint density at radius 2 is 1.62 bits per heavy atom. The maximum absolute atomic E-state index is 13.7. The molecule has 3 aromatic carbocycles. The summed E-state index contributed by atoms with van der Waals surface area (Å²) in [6, 6.07) is 16.4. The van der Waals surface area contributed by atoms with Gasteiger partial charge in [-0.05, 0) is 65.9 Å². The number of carbonyl (C=O) groups is 2. The van der Waals surface area contributed by atoms with Crippen molar-refractivity contribution in [1.82, 2.24) is 16.0 Å². The van der Waals surface area contributed by atoms with Crippen molar-refractivity contribution in [3.05, 3.63) is 106 Å². The van der Waals surface area contributed by atoms with Crippen LogP contribution in [0.2, 0.25) is 5.02 Å². The Bertz CT molecular complexity index is 1190. The van der Waals surface area contributed by atoms with Crippen LogP contribution in [0.3, 0.4) is 0 Å². The molecule has 0 saturated heterocycles. The summed E-state index contributed by atoms with van der Waals surface area (Å²) in [6.07, 6.45) is -0.181. The highest BCUT2D eigenvalue weighted by Gasteiger charge is 2.23. The fraction of sp³-hybridized carbons (Fsp3) is 0.286. The Morgan fingerprint density at radius 3 is 2.30 bits per heavy atom. The van der Waals surface area contributed by atoms with Gasteiger partial charge in [-0.1, -0.05) is 42.8 Å². The maximum atomic E-state index is 13.7. The minimum absolute atomic E-state index is 0.0142. The minimum Gasteiger partial charge on any atom is -0.390 e. The number of aliphatic hydroxyl groups is 1. The molecule has 0 unspecified atom stereocenters. The minimum atomic E-state index is -1.07. The van der Waals surface area contributed by atoms with E-state index in [-0.39, 0.29) is 25.1 Å². The number of nitrogens with one attached hydrogen (secondary N) is 3. The molecule has 37 heavy (non-hydrogen) atoms. The van der Waals surface area contributed by atoms with Crippen LogP contribution in [0.5, 0.6) is 0 Å². The molecule has 0 aliphatic carbocycles. The number of benzene rings is 3. The molecule has 0 fully saturated rings. The molecule has 3 aromatic rings. The Balaban J connectivity index is 1.62. The lowest BCUT2D eigenvalue weighted by molar-refractivity contribution is -0.121. The van der Waals surface area contributed by atoms with Gasteiger partial charge in [0.1, 0.15) is 11.6 Å². The van der Waals surface area contributed by atoms with Gasteiger partial charge in [-0.25, -0.2) is 8.78 Å².